The van der Waals surface area contributed by atoms with Crippen LogP contribution in [0.3, 0.4) is 0 Å². The Bertz CT molecular complexity index is 864. The van der Waals surface area contributed by atoms with Gasteiger partial charge in [-0.2, -0.15) is 0 Å². The Morgan fingerprint density at radius 2 is 1.72 bits per heavy atom. The normalized spacial score (nSPS) is 14.4. The molecule has 0 saturated carbocycles. The molecular formula is C21H24N4O4. The Labute approximate surface area is 169 Å². The molecule has 1 aliphatic heterocycles. The third-order valence-electron chi connectivity index (χ3n) is 5.00. The van der Waals surface area contributed by atoms with Crippen LogP contribution in [0.4, 0.5) is 5.69 Å². The molecule has 0 aliphatic carbocycles. The number of carbonyl (C=O) groups is 2. The van der Waals surface area contributed by atoms with Crippen molar-refractivity contribution in [1.29, 1.82) is 0 Å². The highest BCUT2D eigenvalue weighted by Gasteiger charge is 2.21. The predicted molar refractivity (Wildman–Crippen MR) is 109 cm³/mol. The van der Waals surface area contributed by atoms with Gasteiger partial charge in [0.1, 0.15) is 0 Å². The molecule has 1 saturated heterocycles. The number of nitrogens with zero attached hydrogens (tertiary/aromatic N) is 3. The number of rotatable bonds is 7. The largest absolute Gasteiger partial charge is 0.343 e. The molecule has 3 rings (SSSR count). The smallest absolute Gasteiger partial charge is 0.270 e. The SMILES string of the molecule is O=C(NCC(=O)N1CCN(CCc2ccccc2)CC1)c1cccc([N+](=O)[O-])c1. The highest BCUT2D eigenvalue weighted by Crippen LogP contribution is 2.13. The van der Waals surface area contributed by atoms with Gasteiger partial charge in [-0.15, -0.1) is 0 Å². The minimum absolute atomic E-state index is 0.120. The van der Waals surface area contributed by atoms with Crippen LogP contribution in [-0.4, -0.2) is 65.8 Å². The van der Waals surface area contributed by atoms with Crippen molar-refractivity contribution >= 4 is 17.5 Å². The standard InChI is InChI=1S/C21H24N4O4/c26-20(16-22-21(27)18-7-4-8-19(15-18)25(28)29)24-13-11-23(12-14-24)10-9-17-5-2-1-3-6-17/h1-8,15H,9-14,16H2,(H,22,27). The molecule has 0 bridgehead atoms. The molecule has 1 N–H and O–H groups in total. The highest BCUT2D eigenvalue weighted by atomic mass is 16.6. The number of nitrogens with one attached hydrogen (secondary N) is 1. The lowest BCUT2D eigenvalue weighted by molar-refractivity contribution is -0.384. The van der Waals surface area contributed by atoms with Crippen LogP contribution in [0, 0.1) is 10.1 Å². The Balaban J connectivity index is 1.41. The summed E-state index contributed by atoms with van der Waals surface area (Å²) < 4.78 is 0. The number of hydrogen-bond donors (Lipinski definition) is 1. The topological polar surface area (TPSA) is 95.8 Å². The predicted octanol–water partition coefficient (Wildman–Crippen LogP) is 1.71. The third kappa shape index (κ3) is 5.86. The molecular weight excluding hydrogens is 372 g/mol. The van der Waals surface area contributed by atoms with Gasteiger partial charge in [-0.1, -0.05) is 36.4 Å². The maximum Gasteiger partial charge on any atom is 0.270 e. The molecule has 8 nitrogen and oxygen atoms in total. The number of hydrogen-bond acceptors (Lipinski definition) is 5. The van der Waals surface area contributed by atoms with Gasteiger partial charge in [0.25, 0.3) is 11.6 Å². The van der Waals surface area contributed by atoms with Gasteiger partial charge < -0.3 is 10.2 Å². The fraction of sp³-hybridized carbons (Fsp3) is 0.333. The van der Waals surface area contributed by atoms with Crippen LogP contribution < -0.4 is 5.32 Å². The van der Waals surface area contributed by atoms with Gasteiger partial charge in [-0.3, -0.25) is 24.6 Å². The van der Waals surface area contributed by atoms with Crippen molar-refractivity contribution in [3.05, 3.63) is 75.8 Å². The number of amides is 2. The summed E-state index contributed by atoms with van der Waals surface area (Å²) in [6.07, 6.45) is 0.980. The van der Waals surface area contributed by atoms with Crippen molar-refractivity contribution in [2.24, 2.45) is 0 Å². The fourth-order valence-electron chi connectivity index (χ4n) is 3.28. The second kappa shape index (κ2) is 9.79. The van der Waals surface area contributed by atoms with E-state index in [0.29, 0.717) is 13.1 Å². The molecule has 0 aromatic heterocycles. The van der Waals surface area contributed by atoms with E-state index in [1.807, 2.05) is 18.2 Å². The summed E-state index contributed by atoms with van der Waals surface area (Å²) in [5.41, 5.74) is 1.31. The summed E-state index contributed by atoms with van der Waals surface area (Å²) >= 11 is 0. The van der Waals surface area contributed by atoms with Gasteiger partial charge in [-0.25, -0.2) is 0 Å². The Hall–Kier alpha value is -3.26. The van der Waals surface area contributed by atoms with Crippen molar-refractivity contribution in [2.45, 2.75) is 6.42 Å². The number of benzene rings is 2. The first kappa shape index (κ1) is 20.5. The molecule has 0 radical (unpaired) electrons. The maximum atomic E-state index is 12.4. The van der Waals surface area contributed by atoms with Crippen molar-refractivity contribution in [3.8, 4) is 0 Å². The summed E-state index contributed by atoms with van der Waals surface area (Å²) in [7, 11) is 0. The molecule has 2 aromatic carbocycles. The molecule has 0 spiro atoms. The average molecular weight is 396 g/mol. The van der Waals surface area contributed by atoms with E-state index >= 15 is 0 Å². The lowest BCUT2D eigenvalue weighted by Crippen LogP contribution is -2.51. The van der Waals surface area contributed by atoms with Crippen molar-refractivity contribution < 1.29 is 14.5 Å². The third-order valence-corrected chi connectivity index (χ3v) is 5.00. The number of piperazine rings is 1. The van der Waals surface area contributed by atoms with Gasteiger partial charge >= 0.3 is 0 Å². The average Bonchev–Trinajstić information content (AvgIpc) is 2.77. The van der Waals surface area contributed by atoms with E-state index in [4.69, 9.17) is 0 Å². The van der Waals surface area contributed by atoms with E-state index in [0.717, 1.165) is 26.1 Å². The van der Waals surface area contributed by atoms with Crippen LogP contribution in [0.25, 0.3) is 0 Å². The second-order valence-corrected chi connectivity index (χ2v) is 6.95. The van der Waals surface area contributed by atoms with E-state index in [-0.39, 0.29) is 23.7 Å². The molecule has 8 heteroatoms. The summed E-state index contributed by atoms with van der Waals surface area (Å²) in [5.74, 6) is -0.643. The van der Waals surface area contributed by atoms with Gasteiger partial charge in [0, 0.05) is 50.4 Å². The van der Waals surface area contributed by atoms with Gasteiger partial charge in [0.2, 0.25) is 5.91 Å². The Kier molecular flexibility index (Phi) is 6.91. The summed E-state index contributed by atoms with van der Waals surface area (Å²) in [6, 6.07) is 15.8. The lowest BCUT2D eigenvalue weighted by atomic mass is 10.1. The van der Waals surface area contributed by atoms with Crippen LogP contribution in [0.5, 0.6) is 0 Å². The quantitative estimate of drug-likeness (QED) is 0.568. The zero-order chi connectivity index (χ0) is 20.6. The van der Waals surface area contributed by atoms with Crippen LogP contribution in [-0.2, 0) is 11.2 Å². The number of non-ortho nitro benzene ring substituents is 1. The van der Waals surface area contributed by atoms with E-state index in [2.05, 4.69) is 22.3 Å². The molecule has 2 aromatic rings. The maximum absolute atomic E-state index is 12.4. The second-order valence-electron chi connectivity index (χ2n) is 6.95. The van der Waals surface area contributed by atoms with Crippen molar-refractivity contribution in [3.63, 3.8) is 0 Å². The van der Waals surface area contributed by atoms with Gasteiger partial charge in [0.15, 0.2) is 0 Å². The highest BCUT2D eigenvalue weighted by molar-refractivity contribution is 5.96. The van der Waals surface area contributed by atoms with Crippen LogP contribution >= 0.6 is 0 Å². The monoisotopic (exact) mass is 396 g/mol. The molecule has 152 valence electrons. The molecule has 29 heavy (non-hydrogen) atoms. The molecule has 1 fully saturated rings. The molecule has 1 aliphatic rings. The van der Waals surface area contributed by atoms with E-state index in [1.54, 1.807) is 4.90 Å². The van der Waals surface area contributed by atoms with E-state index in [1.165, 1.54) is 29.8 Å². The van der Waals surface area contributed by atoms with Gasteiger partial charge in [-0.05, 0) is 18.1 Å². The fourth-order valence-corrected chi connectivity index (χ4v) is 3.28. The zero-order valence-electron chi connectivity index (χ0n) is 16.1. The van der Waals surface area contributed by atoms with Gasteiger partial charge in [0.05, 0.1) is 11.5 Å². The van der Waals surface area contributed by atoms with Crippen LogP contribution in [0.2, 0.25) is 0 Å². The summed E-state index contributed by atoms with van der Waals surface area (Å²) in [5, 5.41) is 13.4. The van der Waals surface area contributed by atoms with Crippen LogP contribution in [0.15, 0.2) is 54.6 Å². The summed E-state index contributed by atoms with van der Waals surface area (Å²) in [6.45, 7) is 3.69. The Morgan fingerprint density at radius 3 is 2.41 bits per heavy atom. The van der Waals surface area contributed by atoms with E-state index in [9.17, 15) is 19.7 Å². The minimum atomic E-state index is -0.556. The lowest BCUT2D eigenvalue weighted by Gasteiger charge is -2.34. The van der Waals surface area contributed by atoms with Crippen molar-refractivity contribution in [2.75, 3.05) is 39.3 Å². The molecule has 1 heterocycles. The first-order valence-corrected chi connectivity index (χ1v) is 9.59. The van der Waals surface area contributed by atoms with Crippen molar-refractivity contribution in [1.82, 2.24) is 15.1 Å². The summed E-state index contributed by atoms with van der Waals surface area (Å²) in [4.78, 5) is 38.9. The van der Waals surface area contributed by atoms with Crippen LogP contribution in [0.1, 0.15) is 15.9 Å². The van der Waals surface area contributed by atoms with E-state index < -0.39 is 10.8 Å². The molecule has 0 atom stereocenters. The zero-order valence-corrected chi connectivity index (χ0v) is 16.1. The Morgan fingerprint density at radius 1 is 1.00 bits per heavy atom. The molecule has 0 unspecified atom stereocenters. The number of nitro groups is 1. The first-order chi connectivity index (χ1) is 14.0. The number of nitro benzene ring substituents is 1. The number of carbonyl (C=O) groups excluding carboxylic acids is 2. The minimum Gasteiger partial charge on any atom is -0.343 e. The first-order valence-electron chi connectivity index (χ1n) is 9.59. The molecule has 2 amide bonds.